The molecule has 1 N–H and O–H groups in total. The summed E-state index contributed by atoms with van der Waals surface area (Å²) >= 11 is 0. The van der Waals surface area contributed by atoms with Crippen molar-refractivity contribution in [3.63, 3.8) is 0 Å². The molecule has 0 heterocycles. The van der Waals surface area contributed by atoms with E-state index in [1.165, 1.54) is 16.4 Å². The maximum Gasteiger partial charge on any atom is 0.244 e. The summed E-state index contributed by atoms with van der Waals surface area (Å²) in [7, 11) is -3.92. The molecule has 0 aliphatic carbocycles. The first kappa shape index (κ1) is 18.1. The molecule has 6 heteroatoms. The Balaban J connectivity index is 2.47. The van der Waals surface area contributed by atoms with Crippen LogP contribution in [0.3, 0.4) is 0 Å². The van der Waals surface area contributed by atoms with Gasteiger partial charge in [0.25, 0.3) is 0 Å². The van der Waals surface area contributed by atoms with E-state index in [4.69, 9.17) is 0 Å². The number of hydrogen-bond donors (Lipinski definition) is 1. The molecule has 0 saturated carbocycles. The van der Waals surface area contributed by atoms with Crippen molar-refractivity contribution in [1.29, 1.82) is 5.26 Å². The van der Waals surface area contributed by atoms with Crippen molar-refractivity contribution < 1.29 is 13.5 Å². The fourth-order valence-corrected chi connectivity index (χ4v) is 4.09. The van der Waals surface area contributed by atoms with E-state index in [0.717, 1.165) is 5.56 Å². The van der Waals surface area contributed by atoms with Crippen LogP contribution in [0.5, 0.6) is 0 Å². The monoisotopic (exact) mass is 344 g/mol. The lowest BCUT2D eigenvalue weighted by atomic mass is 10.1. The number of aliphatic hydroxyl groups is 1. The van der Waals surface area contributed by atoms with Gasteiger partial charge >= 0.3 is 0 Å². The van der Waals surface area contributed by atoms with Crippen LogP contribution >= 0.6 is 0 Å². The molecule has 0 saturated heterocycles. The summed E-state index contributed by atoms with van der Waals surface area (Å²) in [4.78, 5) is -0.0484. The van der Waals surface area contributed by atoms with Gasteiger partial charge in [0, 0.05) is 13.1 Å². The van der Waals surface area contributed by atoms with Gasteiger partial charge in [0.15, 0.2) is 0 Å². The van der Waals surface area contributed by atoms with Crippen molar-refractivity contribution in [2.45, 2.75) is 30.9 Å². The molecule has 0 radical (unpaired) electrons. The summed E-state index contributed by atoms with van der Waals surface area (Å²) in [6.07, 6.45) is 0. The molecule has 126 valence electrons. The molecule has 0 aliphatic rings. The SMILES string of the molecule is CC(C)(O)CN(Cc1ccccc1)S(=O)(=O)c1ccccc1C#N. The van der Waals surface area contributed by atoms with Crippen molar-refractivity contribution in [3.05, 3.63) is 65.7 Å². The lowest BCUT2D eigenvalue weighted by molar-refractivity contribution is 0.0577. The van der Waals surface area contributed by atoms with Crippen LogP contribution in [0.4, 0.5) is 0 Å². The molecule has 24 heavy (non-hydrogen) atoms. The molecule has 2 rings (SSSR count). The van der Waals surface area contributed by atoms with Crippen LogP contribution in [0.2, 0.25) is 0 Å². The lowest BCUT2D eigenvalue weighted by Gasteiger charge is -2.28. The van der Waals surface area contributed by atoms with Gasteiger partial charge in [-0.05, 0) is 31.5 Å². The molecule has 2 aromatic carbocycles. The molecule has 0 spiro atoms. The summed E-state index contributed by atoms with van der Waals surface area (Å²) in [5, 5.41) is 19.3. The van der Waals surface area contributed by atoms with Crippen LogP contribution in [-0.4, -0.2) is 30.0 Å². The van der Waals surface area contributed by atoms with Crippen molar-refractivity contribution in [2.75, 3.05) is 6.54 Å². The highest BCUT2D eigenvalue weighted by molar-refractivity contribution is 7.89. The summed E-state index contributed by atoms with van der Waals surface area (Å²) in [6.45, 7) is 3.14. The van der Waals surface area contributed by atoms with Crippen LogP contribution in [0.25, 0.3) is 0 Å². The van der Waals surface area contributed by atoms with Gasteiger partial charge in [0.05, 0.1) is 16.1 Å². The summed E-state index contributed by atoms with van der Waals surface area (Å²) in [6, 6.07) is 17.1. The van der Waals surface area contributed by atoms with E-state index in [0.29, 0.717) is 0 Å². The molecule has 0 amide bonds. The third-order valence-corrected chi connectivity index (χ3v) is 5.24. The number of sulfonamides is 1. The average Bonchev–Trinajstić information content (AvgIpc) is 2.54. The Morgan fingerprint density at radius 2 is 1.67 bits per heavy atom. The third-order valence-electron chi connectivity index (χ3n) is 3.39. The van der Waals surface area contributed by atoms with Crippen LogP contribution in [0.1, 0.15) is 25.0 Å². The van der Waals surface area contributed by atoms with E-state index >= 15 is 0 Å². The van der Waals surface area contributed by atoms with Gasteiger partial charge in [0.2, 0.25) is 10.0 Å². The smallest absolute Gasteiger partial charge is 0.244 e. The predicted octanol–water partition coefficient (Wildman–Crippen LogP) is 2.52. The molecule has 0 aromatic heterocycles. The van der Waals surface area contributed by atoms with Crippen LogP contribution in [-0.2, 0) is 16.6 Å². The molecule has 0 fully saturated rings. The summed E-state index contributed by atoms with van der Waals surface area (Å²) in [5.74, 6) is 0. The van der Waals surface area contributed by atoms with Crippen molar-refractivity contribution in [1.82, 2.24) is 4.31 Å². The first-order valence-electron chi connectivity index (χ1n) is 7.49. The standard InChI is InChI=1S/C18H20N2O3S/c1-18(2,21)14-20(13-15-8-4-3-5-9-15)24(22,23)17-11-7-6-10-16(17)12-19/h3-11,21H,13-14H2,1-2H3. The minimum atomic E-state index is -3.92. The molecule has 5 nitrogen and oxygen atoms in total. The number of nitriles is 1. The minimum Gasteiger partial charge on any atom is -0.389 e. The van der Waals surface area contributed by atoms with Crippen molar-refractivity contribution >= 4 is 10.0 Å². The van der Waals surface area contributed by atoms with Gasteiger partial charge in [-0.25, -0.2) is 8.42 Å². The Morgan fingerprint density at radius 1 is 1.08 bits per heavy atom. The quantitative estimate of drug-likeness (QED) is 0.873. The first-order valence-corrected chi connectivity index (χ1v) is 8.93. The zero-order valence-electron chi connectivity index (χ0n) is 13.7. The third kappa shape index (κ3) is 4.42. The number of rotatable bonds is 6. The van der Waals surface area contributed by atoms with Gasteiger partial charge in [-0.3, -0.25) is 0 Å². The highest BCUT2D eigenvalue weighted by Crippen LogP contribution is 2.23. The average molecular weight is 344 g/mol. The van der Waals surface area contributed by atoms with E-state index in [-0.39, 0.29) is 23.5 Å². The highest BCUT2D eigenvalue weighted by Gasteiger charge is 2.31. The number of hydrogen-bond acceptors (Lipinski definition) is 4. The topological polar surface area (TPSA) is 81.4 Å². The Bertz CT molecular complexity index is 835. The summed E-state index contributed by atoms with van der Waals surface area (Å²) in [5.41, 5.74) is -0.310. The van der Waals surface area contributed by atoms with Crippen LogP contribution in [0, 0.1) is 11.3 Å². The fourth-order valence-electron chi connectivity index (χ4n) is 2.37. The van der Waals surface area contributed by atoms with Gasteiger partial charge in [-0.2, -0.15) is 9.57 Å². The maximum absolute atomic E-state index is 13.1. The summed E-state index contributed by atoms with van der Waals surface area (Å²) < 4.78 is 27.3. The van der Waals surface area contributed by atoms with Gasteiger partial charge in [0.1, 0.15) is 6.07 Å². The number of benzene rings is 2. The van der Waals surface area contributed by atoms with Crippen LogP contribution < -0.4 is 0 Å². The Kier molecular flexibility index (Phi) is 5.40. The predicted molar refractivity (Wildman–Crippen MR) is 91.5 cm³/mol. The second-order valence-electron chi connectivity index (χ2n) is 6.18. The minimum absolute atomic E-state index is 0.0484. The largest absolute Gasteiger partial charge is 0.389 e. The highest BCUT2D eigenvalue weighted by atomic mass is 32.2. The van der Waals surface area contributed by atoms with E-state index in [9.17, 15) is 18.8 Å². The van der Waals surface area contributed by atoms with Gasteiger partial charge < -0.3 is 5.11 Å². The maximum atomic E-state index is 13.1. The van der Waals surface area contributed by atoms with Gasteiger partial charge in [-0.15, -0.1) is 0 Å². The zero-order valence-corrected chi connectivity index (χ0v) is 14.5. The zero-order chi connectivity index (χ0) is 17.8. The van der Waals surface area contributed by atoms with Crippen LogP contribution in [0.15, 0.2) is 59.5 Å². The van der Waals surface area contributed by atoms with E-state index in [1.807, 2.05) is 36.4 Å². The Hall–Kier alpha value is -2.20. The molecule has 0 unspecified atom stereocenters. The van der Waals surface area contributed by atoms with E-state index < -0.39 is 15.6 Å². The second kappa shape index (κ2) is 7.14. The molecule has 0 aliphatic heterocycles. The second-order valence-corrected chi connectivity index (χ2v) is 8.09. The molecular formula is C18H20N2O3S. The molecule has 0 atom stereocenters. The molecule has 0 bridgehead atoms. The van der Waals surface area contributed by atoms with E-state index in [2.05, 4.69) is 0 Å². The number of nitrogens with zero attached hydrogens (tertiary/aromatic N) is 2. The normalized spacial score (nSPS) is 12.1. The van der Waals surface area contributed by atoms with Gasteiger partial charge in [-0.1, -0.05) is 42.5 Å². The molecular weight excluding hydrogens is 324 g/mol. The Morgan fingerprint density at radius 3 is 2.25 bits per heavy atom. The lowest BCUT2D eigenvalue weighted by Crippen LogP contribution is -2.42. The van der Waals surface area contributed by atoms with Crippen molar-refractivity contribution in [3.8, 4) is 6.07 Å². The molecule has 2 aromatic rings. The first-order chi connectivity index (χ1) is 11.2. The van der Waals surface area contributed by atoms with E-state index in [1.54, 1.807) is 26.0 Å². The Labute approximate surface area is 142 Å². The van der Waals surface area contributed by atoms with Crippen molar-refractivity contribution in [2.24, 2.45) is 0 Å². The fraction of sp³-hybridized carbons (Fsp3) is 0.278.